The van der Waals surface area contributed by atoms with Crippen molar-refractivity contribution in [3.8, 4) is 0 Å². The van der Waals surface area contributed by atoms with E-state index < -0.39 is 5.60 Å². The molecule has 0 aliphatic heterocycles. The highest BCUT2D eigenvalue weighted by atomic mass is 16.3. The van der Waals surface area contributed by atoms with Crippen LogP contribution in [0.3, 0.4) is 0 Å². The highest BCUT2D eigenvalue weighted by Crippen LogP contribution is 2.09. The Labute approximate surface area is 95.5 Å². The Morgan fingerprint density at radius 2 is 2.25 bits per heavy atom. The van der Waals surface area contributed by atoms with E-state index in [1.165, 1.54) is 0 Å². The summed E-state index contributed by atoms with van der Waals surface area (Å²) >= 11 is 0. The van der Waals surface area contributed by atoms with E-state index in [2.05, 4.69) is 5.32 Å². The van der Waals surface area contributed by atoms with Gasteiger partial charge >= 0.3 is 0 Å². The summed E-state index contributed by atoms with van der Waals surface area (Å²) < 4.78 is 0. The molecule has 4 heteroatoms. The van der Waals surface area contributed by atoms with Crippen LogP contribution in [-0.2, 0) is 0 Å². The maximum atomic E-state index is 11.7. The van der Waals surface area contributed by atoms with Crippen LogP contribution in [0.1, 0.15) is 30.6 Å². The molecule has 1 aromatic carbocycles. The second-order valence-electron chi connectivity index (χ2n) is 4.16. The number of nitrogen functional groups attached to an aromatic ring is 1. The fourth-order valence-corrected chi connectivity index (χ4v) is 1.18. The number of hydrogen-bond donors (Lipinski definition) is 3. The minimum absolute atomic E-state index is 0.221. The van der Waals surface area contributed by atoms with Crippen LogP contribution in [-0.4, -0.2) is 23.2 Å². The molecule has 1 amide bonds. The molecule has 0 aromatic heterocycles. The first-order valence-electron chi connectivity index (χ1n) is 5.31. The van der Waals surface area contributed by atoms with Crippen molar-refractivity contribution < 1.29 is 9.90 Å². The molecule has 0 aliphatic rings. The summed E-state index contributed by atoms with van der Waals surface area (Å²) in [5.74, 6) is -0.221. The second kappa shape index (κ2) is 4.99. The molecule has 1 rings (SSSR count). The van der Waals surface area contributed by atoms with Crippen molar-refractivity contribution >= 4 is 11.6 Å². The van der Waals surface area contributed by atoms with Crippen LogP contribution < -0.4 is 11.1 Å². The van der Waals surface area contributed by atoms with E-state index in [9.17, 15) is 9.90 Å². The topological polar surface area (TPSA) is 75.3 Å². The van der Waals surface area contributed by atoms with Gasteiger partial charge in [-0.05, 0) is 31.5 Å². The van der Waals surface area contributed by atoms with Gasteiger partial charge in [0, 0.05) is 17.8 Å². The van der Waals surface area contributed by atoms with E-state index >= 15 is 0 Å². The summed E-state index contributed by atoms with van der Waals surface area (Å²) in [5.41, 5.74) is 5.77. The smallest absolute Gasteiger partial charge is 0.251 e. The van der Waals surface area contributed by atoms with Crippen molar-refractivity contribution in [1.82, 2.24) is 5.32 Å². The van der Waals surface area contributed by atoms with Gasteiger partial charge in [-0.25, -0.2) is 0 Å². The number of hydrogen-bond acceptors (Lipinski definition) is 3. The SMILES string of the molecule is CCC(C)(O)CNC(=O)c1cccc(N)c1. The molecule has 4 nitrogen and oxygen atoms in total. The lowest BCUT2D eigenvalue weighted by molar-refractivity contribution is 0.0518. The van der Waals surface area contributed by atoms with Gasteiger partial charge in [0.1, 0.15) is 0 Å². The standard InChI is InChI=1S/C12H18N2O2/c1-3-12(2,16)8-14-11(15)9-5-4-6-10(13)7-9/h4-7,16H,3,8,13H2,1-2H3,(H,14,15). The Morgan fingerprint density at radius 1 is 1.56 bits per heavy atom. The third-order valence-electron chi connectivity index (χ3n) is 2.54. The van der Waals surface area contributed by atoms with E-state index in [0.29, 0.717) is 17.7 Å². The zero-order valence-electron chi connectivity index (χ0n) is 9.66. The predicted molar refractivity (Wildman–Crippen MR) is 64.1 cm³/mol. The number of nitrogens with two attached hydrogens (primary N) is 1. The molecule has 0 saturated carbocycles. The molecule has 1 aromatic rings. The lowest BCUT2D eigenvalue weighted by Crippen LogP contribution is -2.40. The third-order valence-corrected chi connectivity index (χ3v) is 2.54. The first-order chi connectivity index (χ1) is 7.44. The van der Waals surface area contributed by atoms with Crippen molar-refractivity contribution in [2.75, 3.05) is 12.3 Å². The predicted octanol–water partition coefficient (Wildman–Crippen LogP) is 1.16. The number of aliphatic hydroxyl groups is 1. The normalized spacial score (nSPS) is 14.2. The Morgan fingerprint density at radius 3 is 2.81 bits per heavy atom. The second-order valence-corrected chi connectivity index (χ2v) is 4.16. The summed E-state index contributed by atoms with van der Waals surface area (Å²) in [4.78, 5) is 11.7. The van der Waals surface area contributed by atoms with Gasteiger partial charge in [0.25, 0.3) is 5.91 Å². The van der Waals surface area contributed by atoms with Crippen molar-refractivity contribution in [1.29, 1.82) is 0 Å². The molecule has 0 heterocycles. The molecular weight excluding hydrogens is 204 g/mol. The van der Waals surface area contributed by atoms with Gasteiger partial charge in [0.15, 0.2) is 0 Å². The van der Waals surface area contributed by atoms with Crippen LogP contribution in [0.2, 0.25) is 0 Å². The number of amides is 1. The maximum Gasteiger partial charge on any atom is 0.251 e. The Hall–Kier alpha value is -1.55. The zero-order chi connectivity index (χ0) is 12.2. The first kappa shape index (κ1) is 12.5. The minimum Gasteiger partial charge on any atom is -0.399 e. The van der Waals surface area contributed by atoms with Crippen molar-refractivity contribution in [2.24, 2.45) is 0 Å². The van der Waals surface area contributed by atoms with Crippen LogP contribution >= 0.6 is 0 Å². The Bertz CT molecular complexity index is 375. The molecule has 0 aliphatic carbocycles. The van der Waals surface area contributed by atoms with Gasteiger partial charge in [0.05, 0.1) is 5.60 Å². The summed E-state index contributed by atoms with van der Waals surface area (Å²) in [7, 11) is 0. The molecule has 0 bridgehead atoms. The van der Waals surface area contributed by atoms with Gasteiger partial charge in [-0.1, -0.05) is 13.0 Å². The first-order valence-corrected chi connectivity index (χ1v) is 5.31. The molecular formula is C12H18N2O2. The van der Waals surface area contributed by atoms with E-state index in [1.807, 2.05) is 6.92 Å². The Balaban J connectivity index is 2.60. The summed E-state index contributed by atoms with van der Waals surface area (Å²) in [5, 5.41) is 12.4. The summed E-state index contributed by atoms with van der Waals surface area (Å²) in [6, 6.07) is 6.74. The number of rotatable bonds is 4. The Kier molecular flexibility index (Phi) is 3.90. The molecule has 0 spiro atoms. The van der Waals surface area contributed by atoms with E-state index in [1.54, 1.807) is 31.2 Å². The minimum atomic E-state index is -0.865. The number of carbonyl (C=O) groups is 1. The van der Waals surface area contributed by atoms with Crippen LogP contribution in [0.5, 0.6) is 0 Å². The molecule has 4 N–H and O–H groups in total. The van der Waals surface area contributed by atoms with Crippen LogP contribution in [0, 0.1) is 0 Å². The number of carbonyl (C=O) groups excluding carboxylic acids is 1. The van der Waals surface area contributed by atoms with E-state index in [4.69, 9.17) is 5.73 Å². The van der Waals surface area contributed by atoms with Gasteiger partial charge in [-0.15, -0.1) is 0 Å². The number of anilines is 1. The van der Waals surface area contributed by atoms with Gasteiger partial charge in [-0.2, -0.15) is 0 Å². The molecule has 88 valence electrons. The van der Waals surface area contributed by atoms with Crippen LogP contribution in [0.15, 0.2) is 24.3 Å². The summed E-state index contributed by atoms with van der Waals surface area (Å²) in [6.45, 7) is 3.79. The van der Waals surface area contributed by atoms with Crippen molar-refractivity contribution in [3.63, 3.8) is 0 Å². The number of nitrogens with one attached hydrogen (secondary N) is 1. The average molecular weight is 222 g/mol. The lowest BCUT2D eigenvalue weighted by Gasteiger charge is -2.21. The lowest BCUT2D eigenvalue weighted by atomic mass is 10.0. The van der Waals surface area contributed by atoms with Crippen LogP contribution in [0.25, 0.3) is 0 Å². The maximum absolute atomic E-state index is 11.7. The monoisotopic (exact) mass is 222 g/mol. The zero-order valence-corrected chi connectivity index (χ0v) is 9.66. The van der Waals surface area contributed by atoms with Crippen molar-refractivity contribution in [3.05, 3.63) is 29.8 Å². The number of benzene rings is 1. The highest BCUT2D eigenvalue weighted by Gasteiger charge is 2.18. The van der Waals surface area contributed by atoms with Gasteiger partial charge < -0.3 is 16.2 Å². The van der Waals surface area contributed by atoms with Gasteiger partial charge in [0.2, 0.25) is 0 Å². The fraction of sp³-hybridized carbons (Fsp3) is 0.417. The molecule has 16 heavy (non-hydrogen) atoms. The van der Waals surface area contributed by atoms with Gasteiger partial charge in [-0.3, -0.25) is 4.79 Å². The molecule has 0 radical (unpaired) electrons. The quantitative estimate of drug-likeness (QED) is 0.669. The molecule has 1 atom stereocenters. The summed E-state index contributed by atoms with van der Waals surface area (Å²) in [6.07, 6.45) is 0.588. The van der Waals surface area contributed by atoms with E-state index in [0.717, 1.165) is 0 Å². The average Bonchev–Trinajstić information content (AvgIpc) is 2.26. The molecule has 0 fully saturated rings. The molecule has 1 unspecified atom stereocenters. The highest BCUT2D eigenvalue weighted by molar-refractivity contribution is 5.95. The fourth-order valence-electron chi connectivity index (χ4n) is 1.18. The molecule has 0 saturated heterocycles. The van der Waals surface area contributed by atoms with Crippen LogP contribution in [0.4, 0.5) is 5.69 Å². The van der Waals surface area contributed by atoms with Crippen molar-refractivity contribution in [2.45, 2.75) is 25.9 Å². The van der Waals surface area contributed by atoms with E-state index in [-0.39, 0.29) is 12.5 Å². The largest absolute Gasteiger partial charge is 0.399 e. The third kappa shape index (κ3) is 3.55.